The predicted octanol–water partition coefficient (Wildman–Crippen LogP) is 1.24. The van der Waals surface area contributed by atoms with Crippen LogP contribution < -0.4 is 0 Å². The summed E-state index contributed by atoms with van der Waals surface area (Å²) in [6.07, 6.45) is -10.3. The van der Waals surface area contributed by atoms with E-state index in [-0.39, 0.29) is 47.3 Å². The number of carboxylic acids is 1. The first-order chi connectivity index (χ1) is 26.7. The van der Waals surface area contributed by atoms with E-state index in [1.165, 1.54) is 0 Å². The van der Waals surface area contributed by atoms with E-state index in [0.29, 0.717) is 32.1 Å². The predicted molar refractivity (Wildman–Crippen MR) is 199 cm³/mol. The Labute approximate surface area is 334 Å². The fraction of sp³-hybridized carbons (Fsp3) is 0.905. The molecule has 4 saturated carbocycles. The van der Waals surface area contributed by atoms with Crippen LogP contribution in [0.4, 0.5) is 0 Å². The Bertz CT molecular complexity index is 1570. The average molecular weight is 811 g/mol. The molecule has 15 nitrogen and oxygen atoms in total. The fourth-order valence-corrected chi connectivity index (χ4v) is 13.8. The van der Waals surface area contributed by atoms with E-state index in [0.717, 1.165) is 18.4 Å². The number of aliphatic hydroxyl groups is 8. The molecular weight excluding hydrogens is 744 g/mol. The number of hydrogen-bond acceptors (Lipinski definition) is 14. The van der Waals surface area contributed by atoms with Crippen molar-refractivity contribution in [1.29, 1.82) is 0 Å². The SMILES string of the molecule is CC1CCC2(C(=O)OC3OC(CO)C(O)C(O)C3OC3OC(CO)C(O)C(O)C3O)CCC3(C(=O)O)C(=CCC4C5(C)CCC(O)C(C)(C)C5CCC43C)C2C1C. The number of carbonyl (C=O) groups excluding carboxylic acids is 1. The third-order valence-corrected chi connectivity index (χ3v) is 17.4. The van der Waals surface area contributed by atoms with Crippen molar-refractivity contribution in [2.45, 2.75) is 167 Å². The first-order valence-corrected chi connectivity index (χ1v) is 21.1. The van der Waals surface area contributed by atoms with Crippen molar-refractivity contribution in [1.82, 2.24) is 0 Å². The molecule has 0 bridgehead atoms. The number of allylic oxidation sites excluding steroid dienone is 1. The maximum absolute atomic E-state index is 15.1. The summed E-state index contributed by atoms with van der Waals surface area (Å²) in [5.41, 5.74) is -2.88. The molecule has 5 aliphatic carbocycles. The van der Waals surface area contributed by atoms with Crippen LogP contribution >= 0.6 is 0 Å². The highest BCUT2D eigenvalue weighted by molar-refractivity contribution is 5.85. The van der Waals surface area contributed by atoms with Crippen LogP contribution in [0.15, 0.2) is 11.6 Å². The number of carboxylic acid groups (broad SMARTS) is 1. The molecule has 20 atom stereocenters. The van der Waals surface area contributed by atoms with Crippen molar-refractivity contribution in [2.75, 3.05) is 13.2 Å². The second-order valence-electron chi connectivity index (χ2n) is 20.0. The van der Waals surface area contributed by atoms with Gasteiger partial charge in [-0.25, -0.2) is 0 Å². The van der Waals surface area contributed by atoms with Crippen LogP contribution in [0.5, 0.6) is 0 Å². The second-order valence-corrected chi connectivity index (χ2v) is 20.0. The van der Waals surface area contributed by atoms with E-state index in [4.69, 9.17) is 18.9 Å². The Morgan fingerprint density at radius 1 is 0.754 bits per heavy atom. The number of ether oxygens (including phenoxy) is 4. The van der Waals surface area contributed by atoms with Crippen LogP contribution in [0, 0.1) is 56.7 Å². The zero-order valence-electron chi connectivity index (χ0n) is 34.1. The molecule has 15 heteroatoms. The van der Waals surface area contributed by atoms with Gasteiger partial charge >= 0.3 is 11.9 Å². The molecule has 324 valence electrons. The third-order valence-electron chi connectivity index (χ3n) is 17.4. The molecule has 0 radical (unpaired) electrons. The lowest BCUT2D eigenvalue weighted by Gasteiger charge is -2.70. The number of aliphatic hydroxyl groups excluding tert-OH is 8. The standard InChI is InChI=1S/C42H66O15/c1-19-9-14-41(37(53)57-35-33(31(49)29(47)23(18-44)55-35)56-34-32(50)30(48)28(46)22(17-43)54-34)15-16-42(36(51)52)21(27(41)20(19)2)7-8-25-39(5)12-11-26(45)38(3,4)24(39)10-13-40(25,42)6/h7,19-20,22-35,43-50H,8-18H2,1-6H3,(H,51,52). The zero-order chi connectivity index (χ0) is 41.8. The highest BCUT2D eigenvalue weighted by Crippen LogP contribution is 2.76. The van der Waals surface area contributed by atoms with Crippen molar-refractivity contribution in [2.24, 2.45) is 56.7 Å². The number of aliphatic carboxylic acids is 1. The number of esters is 1. The van der Waals surface area contributed by atoms with Crippen LogP contribution in [0.25, 0.3) is 0 Å². The van der Waals surface area contributed by atoms with E-state index in [1.54, 1.807) is 0 Å². The summed E-state index contributed by atoms with van der Waals surface area (Å²) >= 11 is 0. The van der Waals surface area contributed by atoms with Gasteiger partial charge in [0.25, 0.3) is 0 Å². The molecule has 9 N–H and O–H groups in total. The number of fused-ring (bicyclic) bond motifs is 7. The van der Waals surface area contributed by atoms with Crippen LogP contribution in [0.2, 0.25) is 0 Å². The van der Waals surface area contributed by atoms with Gasteiger partial charge in [0, 0.05) is 0 Å². The third kappa shape index (κ3) is 6.14. The molecule has 7 rings (SSSR count). The molecule has 20 unspecified atom stereocenters. The van der Waals surface area contributed by atoms with Gasteiger partial charge in [0.05, 0.1) is 30.1 Å². The molecule has 0 aromatic heterocycles. The molecular formula is C42H66O15. The van der Waals surface area contributed by atoms with E-state index < -0.39 is 115 Å². The minimum absolute atomic E-state index is 0.0328. The van der Waals surface area contributed by atoms with Gasteiger partial charge < -0.3 is 64.9 Å². The van der Waals surface area contributed by atoms with Crippen molar-refractivity contribution in [3.05, 3.63) is 11.6 Å². The highest BCUT2D eigenvalue weighted by Gasteiger charge is 2.73. The maximum atomic E-state index is 15.1. The van der Waals surface area contributed by atoms with Gasteiger partial charge in [-0.2, -0.15) is 0 Å². The Balaban J connectivity index is 1.25. The lowest BCUT2D eigenvalue weighted by Crippen LogP contribution is -2.68. The van der Waals surface area contributed by atoms with Gasteiger partial charge in [0.1, 0.15) is 42.7 Å². The first kappa shape index (κ1) is 43.3. The zero-order valence-corrected chi connectivity index (χ0v) is 34.1. The van der Waals surface area contributed by atoms with Gasteiger partial charge in [0.2, 0.25) is 6.29 Å². The summed E-state index contributed by atoms with van der Waals surface area (Å²) in [6, 6.07) is 0. The quantitative estimate of drug-likeness (QED) is 0.130. The highest BCUT2D eigenvalue weighted by atomic mass is 16.8. The molecule has 0 aromatic rings. The van der Waals surface area contributed by atoms with Crippen LogP contribution in [0.3, 0.4) is 0 Å². The van der Waals surface area contributed by atoms with E-state index >= 15 is 4.79 Å². The van der Waals surface area contributed by atoms with E-state index in [1.807, 2.05) is 0 Å². The molecule has 2 aliphatic heterocycles. The van der Waals surface area contributed by atoms with Gasteiger partial charge in [0.15, 0.2) is 12.4 Å². The second kappa shape index (κ2) is 15.0. The topological polar surface area (TPSA) is 253 Å². The first-order valence-electron chi connectivity index (χ1n) is 21.1. The Hall–Kier alpha value is -1.76. The normalized spacial score (nSPS) is 53.3. The maximum Gasteiger partial charge on any atom is 0.315 e. The summed E-state index contributed by atoms with van der Waals surface area (Å²) in [5, 5.41) is 96.1. The molecule has 7 aliphatic rings. The van der Waals surface area contributed by atoms with Crippen LogP contribution in [0.1, 0.15) is 99.3 Å². The minimum atomic E-state index is -1.88. The van der Waals surface area contributed by atoms with E-state index in [9.17, 15) is 50.8 Å². The molecule has 0 spiro atoms. The molecule has 57 heavy (non-hydrogen) atoms. The summed E-state index contributed by atoms with van der Waals surface area (Å²) in [5.74, 6) is -1.86. The number of carbonyl (C=O) groups is 2. The van der Waals surface area contributed by atoms with Gasteiger partial charge in [-0.1, -0.05) is 53.2 Å². The lowest BCUT2D eigenvalue weighted by molar-refractivity contribution is -0.363. The monoisotopic (exact) mass is 810 g/mol. The van der Waals surface area contributed by atoms with Gasteiger partial charge in [-0.05, 0) is 104 Å². The molecule has 2 saturated heterocycles. The average Bonchev–Trinajstić information content (AvgIpc) is 3.16. The van der Waals surface area contributed by atoms with Gasteiger partial charge in [-0.15, -0.1) is 0 Å². The minimum Gasteiger partial charge on any atom is -0.481 e. The largest absolute Gasteiger partial charge is 0.481 e. The number of rotatable bonds is 7. The van der Waals surface area contributed by atoms with Crippen molar-refractivity contribution < 1.29 is 74.5 Å². The van der Waals surface area contributed by atoms with Crippen molar-refractivity contribution >= 4 is 11.9 Å². The Kier molecular flexibility index (Phi) is 11.4. The van der Waals surface area contributed by atoms with Crippen LogP contribution in [-0.2, 0) is 28.5 Å². The molecule has 0 aromatic carbocycles. The summed E-state index contributed by atoms with van der Waals surface area (Å²) < 4.78 is 23.4. The van der Waals surface area contributed by atoms with Gasteiger partial charge in [-0.3, -0.25) is 9.59 Å². The summed E-state index contributed by atoms with van der Waals surface area (Å²) in [4.78, 5) is 29.2. The van der Waals surface area contributed by atoms with Crippen molar-refractivity contribution in [3.8, 4) is 0 Å². The van der Waals surface area contributed by atoms with E-state index in [2.05, 4.69) is 47.6 Å². The lowest BCUT2D eigenvalue weighted by atomic mass is 9.33. The Morgan fingerprint density at radius 2 is 1.39 bits per heavy atom. The summed E-state index contributed by atoms with van der Waals surface area (Å²) in [7, 11) is 0. The molecule has 0 amide bonds. The number of hydrogen-bond donors (Lipinski definition) is 9. The fourth-order valence-electron chi connectivity index (χ4n) is 13.8. The molecule has 6 fully saturated rings. The Morgan fingerprint density at radius 3 is 2.02 bits per heavy atom. The smallest absolute Gasteiger partial charge is 0.315 e. The van der Waals surface area contributed by atoms with Crippen LogP contribution in [-0.4, -0.2) is 139 Å². The molecule has 2 heterocycles. The van der Waals surface area contributed by atoms with Crippen molar-refractivity contribution in [3.63, 3.8) is 0 Å². The summed E-state index contributed by atoms with van der Waals surface area (Å²) in [6.45, 7) is 11.4.